The van der Waals surface area contributed by atoms with Gasteiger partial charge in [-0.25, -0.2) is 4.98 Å². The van der Waals surface area contributed by atoms with E-state index in [4.69, 9.17) is 13.9 Å². The summed E-state index contributed by atoms with van der Waals surface area (Å²) in [6.07, 6.45) is 1.67. The van der Waals surface area contributed by atoms with Crippen LogP contribution in [0, 0.1) is 6.92 Å². The van der Waals surface area contributed by atoms with E-state index < -0.39 is 0 Å². The van der Waals surface area contributed by atoms with E-state index in [0.29, 0.717) is 24.7 Å². The number of hydrogen-bond donors (Lipinski definition) is 1. The number of aliphatic imine (C=N–C) groups is 1. The van der Waals surface area contributed by atoms with E-state index in [2.05, 4.69) is 22.2 Å². The van der Waals surface area contributed by atoms with Gasteiger partial charge >= 0.3 is 0 Å². The smallest absolute Gasteiger partial charge is 0.226 e. The summed E-state index contributed by atoms with van der Waals surface area (Å²) in [5, 5.41) is 3.34. The fourth-order valence-electron chi connectivity index (χ4n) is 3.18. The summed E-state index contributed by atoms with van der Waals surface area (Å²) in [6.45, 7) is 3.24. The Morgan fingerprint density at radius 1 is 1.13 bits per heavy atom. The van der Waals surface area contributed by atoms with Crippen molar-refractivity contribution in [3.63, 3.8) is 0 Å². The summed E-state index contributed by atoms with van der Waals surface area (Å²) >= 11 is 0. The Labute approximate surface area is 200 Å². The zero-order valence-corrected chi connectivity index (χ0v) is 20.8. The average Bonchev–Trinajstić information content (AvgIpc) is 3.25. The number of nitrogens with zero attached hydrogens (tertiary/aromatic N) is 3. The van der Waals surface area contributed by atoms with Gasteiger partial charge in [-0.05, 0) is 42.3 Å². The predicted octanol–water partition coefficient (Wildman–Crippen LogP) is 4.49. The maximum Gasteiger partial charge on any atom is 0.226 e. The normalized spacial score (nSPS) is 10.9. The van der Waals surface area contributed by atoms with Crippen LogP contribution in [0.2, 0.25) is 0 Å². The highest BCUT2D eigenvalue weighted by Crippen LogP contribution is 2.30. The number of aromatic nitrogens is 1. The molecule has 0 saturated heterocycles. The molecule has 0 atom stereocenters. The predicted molar refractivity (Wildman–Crippen MR) is 133 cm³/mol. The first-order valence-electron chi connectivity index (χ1n) is 9.68. The maximum absolute atomic E-state index is 5.61. The molecule has 31 heavy (non-hydrogen) atoms. The average molecular weight is 536 g/mol. The molecule has 0 aliphatic carbocycles. The summed E-state index contributed by atoms with van der Waals surface area (Å²) in [7, 11) is 7.03. The van der Waals surface area contributed by atoms with Gasteiger partial charge in [0.25, 0.3) is 0 Å². The Hall–Kier alpha value is -2.75. The van der Waals surface area contributed by atoms with Crippen molar-refractivity contribution in [2.75, 3.05) is 28.3 Å². The lowest BCUT2D eigenvalue weighted by Gasteiger charge is -2.23. The van der Waals surface area contributed by atoms with Gasteiger partial charge in [-0.3, -0.25) is 4.99 Å². The van der Waals surface area contributed by atoms with Crippen molar-refractivity contribution in [1.29, 1.82) is 0 Å². The lowest BCUT2D eigenvalue weighted by Crippen LogP contribution is -2.38. The molecule has 0 aliphatic rings. The third-order valence-electron chi connectivity index (χ3n) is 4.82. The SMILES string of the molecule is CN=C(NCc1coc(-c2ccccc2)n1)N(C)Cc1cc(OC)c(OC)cc1C.I. The molecule has 8 heteroatoms. The summed E-state index contributed by atoms with van der Waals surface area (Å²) in [5.74, 6) is 2.81. The second-order valence-corrected chi connectivity index (χ2v) is 6.90. The van der Waals surface area contributed by atoms with Crippen molar-refractivity contribution in [3.8, 4) is 23.0 Å². The Kier molecular flexibility index (Phi) is 9.17. The zero-order valence-electron chi connectivity index (χ0n) is 18.5. The number of aryl methyl sites for hydroxylation is 1. The number of guanidine groups is 1. The van der Waals surface area contributed by atoms with E-state index in [9.17, 15) is 0 Å². The van der Waals surface area contributed by atoms with Crippen molar-refractivity contribution < 1.29 is 13.9 Å². The largest absolute Gasteiger partial charge is 0.493 e. The third-order valence-corrected chi connectivity index (χ3v) is 4.82. The minimum absolute atomic E-state index is 0. The van der Waals surface area contributed by atoms with Gasteiger partial charge in [0.15, 0.2) is 17.5 Å². The molecule has 3 rings (SSSR count). The summed E-state index contributed by atoms with van der Waals surface area (Å²) in [5.41, 5.74) is 4.02. The monoisotopic (exact) mass is 536 g/mol. The van der Waals surface area contributed by atoms with Crippen LogP contribution in [-0.4, -0.2) is 44.2 Å². The number of methoxy groups -OCH3 is 2. The lowest BCUT2D eigenvalue weighted by atomic mass is 10.1. The molecule has 0 bridgehead atoms. The minimum Gasteiger partial charge on any atom is -0.493 e. The van der Waals surface area contributed by atoms with Gasteiger partial charge in [0.05, 0.1) is 26.5 Å². The molecule has 166 valence electrons. The zero-order chi connectivity index (χ0) is 21.5. The molecular weight excluding hydrogens is 507 g/mol. The molecule has 3 aromatic rings. The van der Waals surface area contributed by atoms with Gasteiger partial charge in [-0.2, -0.15) is 0 Å². The molecule has 1 heterocycles. The van der Waals surface area contributed by atoms with Crippen LogP contribution in [0.1, 0.15) is 16.8 Å². The molecule has 0 aliphatic heterocycles. The minimum atomic E-state index is 0. The third kappa shape index (κ3) is 6.13. The van der Waals surface area contributed by atoms with E-state index in [1.165, 1.54) is 0 Å². The van der Waals surface area contributed by atoms with Crippen LogP contribution in [0.5, 0.6) is 11.5 Å². The second kappa shape index (κ2) is 11.6. The van der Waals surface area contributed by atoms with Crippen molar-refractivity contribution in [1.82, 2.24) is 15.2 Å². The number of hydrogen-bond acceptors (Lipinski definition) is 5. The highest BCUT2D eigenvalue weighted by molar-refractivity contribution is 14.0. The number of benzene rings is 2. The Morgan fingerprint density at radius 3 is 2.45 bits per heavy atom. The van der Waals surface area contributed by atoms with Crippen LogP contribution in [0.4, 0.5) is 0 Å². The fraction of sp³-hybridized carbons (Fsp3) is 0.304. The van der Waals surface area contributed by atoms with Gasteiger partial charge in [0.2, 0.25) is 5.89 Å². The molecule has 1 N–H and O–H groups in total. The number of halogens is 1. The van der Waals surface area contributed by atoms with E-state index in [-0.39, 0.29) is 24.0 Å². The lowest BCUT2D eigenvalue weighted by molar-refractivity contribution is 0.353. The van der Waals surface area contributed by atoms with Gasteiger partial charge in [0.1, 0.15) is 6.26 Å². The van der Waals surface area contributed by atoms with Gasteiger partial charge in [0, 0.05) is 26.2 Å². The number of rotatable bonds is 7. The molecule has 7 nitrogen and oxygen atoms in total. The van der Waals surface area contributed by atoms with Crippen molar-refractivity contribution >= 4 is 29.9 Å². The van der Waals surface area contributed by atoms with Crippen molar-refractivity contribution in [2.24, 2.45) is 4.99 Å². The molecule has 1 aromatic heterocycles. The standard InChI is InChI=1S/C23H28N4O3.HI/c1-16-11-20(28-4)21(29-5)12-18(16)14-27(3)23(24-2)25-13-19-15-30-22(26-19)17-9-7-6-8-10-17;/h6-12,15H,13-14H2,1-5H3,(H,24,25);1H. The maximum atomic E-state index is 5.61. The number of ether oxygens (including phenoxy) is 2. The number of oxazole rings is 1. The first kappa shape index (κ1) is 24.5. The van der Waals surface area contributed by atoms with Crippen LogP contribution >= 0.6 is 24.0 Å². The molecule has 0 spiro atoms. The van der Waals surface area contributed by atoms with Crippen LogP contribution in [-0.2, 0) is 13.1 Å². The van der Waals surface area contributed by atoms with E-state index in [1.807, 2.05) is 54.4 Å². The summed E-state index contributed by atoms with van der Waals surface area (Å²) in [4.78, 5) is 11.0. The first-order valence-corrected chi connectivity index (χ1v) is 9.68. The van der Waals surface area contributed by atoms with Crippen LogP contribution < -0.4 is 14.8 Å². The van der Waals surface area contributed by atoms with Gasteiger partial charge < -0.3 is 24.1 Å². The van der Waals surface area contributed by atoms with Crippen LogP contribution in [0.15, 0.2) is 58.1 Å². The van der Waals surface area contributed by atoms with Gasteiger partial charge in [-0.1, -0.05) is 18.2 Å². The second-order valence-electron chi connectivity index (χ2n) is 6.90. The highest BCUT2D eigenvalue weighted by Gasteiger charge is 2.13. The Balaban J connectivity index is 0.00000341. The molecule has 0 saturated carbocycles. The number of nitrogens with one attached hydrogen (secondary N) is 1. The molecular formula is C23H29IN4O3. The molecule has 2 aromatic carbocycles. The molecule has 0 amide bonds. The highest BCUT2D eigenvalue weighted by atomic mass is 127. The van der Waals surface area contributed by atoms with Crippen LogP contribution in [0.25, 0.3) is 11.5 Å². The van der Waals surface area contributed by atoms with Crippen molar-refractivity contribution in [3.05, 3.63) is 65.5 Å². The fourth-order valence-corrected chi connectivity index (χ4v) is 3.18. The van der Waals surface area contributed by atoms with E-state index in [1.54, 1.807) is 27.5 Å². The van der Waals surface area contributed by atoms with Gasteiger partial charge in [-0.15, -0.1) is 24.0 Å². The summed E-state index contributed by atoms with van der Waals surface area (Å²) < 4.78 is 16.4. The quantitative estimate of drug-likeness (QED) is 0.273. The van der Waals surface area contributed by atoms with Crippen molar-refractivity contribution in [2.45, 2.75) is 20.0 Å². The topological polar surface area (TPSA) is 72.1 Å². The molecule has 0 unspecified atom stereocenters. The van der Waals surface area contributed by atoms with Crippen LogP contribution in [0.3, 0.4) is 0 Å². The first-order chi connectivity index (χ1) is 14.5. The summed E-state index contributed by atoms with van der Waals surface area (Å²) in [6, 6.07) is 13.8. The van der Waals surface area contributed by atoms with E-state index in [0.717, 1.165) is 34.1 Å². The Morgan fingerprint density at radius 2 is 1.81 bits per heavy atom. The van der Waals surface area contributed by atoms with E-state index >= 15 is 0 Å². The Bertz CT molecular complexity index is 1010. The molecule has 0 fully saturated rings. The molecule has 0 radical (unpaired) electrons.